The molecule has 4 heteroatoms. The number of carbonyl (C=O) groups is 1. The van der Waals surface area contributed by atoms with Crippen LogP contribution in [0.25, 0.3) is 0 Å². The summed E-state index contributed by atoms with van der Waals surface area (Å²) in [4.78, 5) is 14.4. The highest BCUT2D eigenvalue weighted by atomic mass is 16.2. The van der Waals surface area contributed by atoms with Gasteiger partial charge in [-0.25, -0.2) is 0 Å². The molecule has 0 unspecified atom stereocenters. The highest BCUT2D eigenvalue weighted by Crippen LogP contribution is 2.24. The summed E-state index contributed by atoms with van der Waals surface area (Å²) in [5, 5.41) is 4.67. The van der Waals surface area contributed by atoms with Gasteiger partial charge in [-0.2, -0.15) is 5.10 Å². The van der Waals surface area contributed by atoms with E-state index in [0.717, 1.165) is 23.5 Å². The first kappa shape index (κ1) is 13.9. The van der Waals surface area contributed by atoms with E-state index in [0.29, 0.717) is 13.1 Å². The first-order chi connectivity index (χ1) is 9.95. The smallest absolute Gasteiger partial charge is 0.254 e. The summed E-state index contributed by atoms with van der Waals surface area (Å²) in [5.74, 6) is 0.0976. The molecule has 0 atom stereocenters. The topological polar surface area (TPSA) is 38.1 Å². The summed E-state index contributed by atoms with van der Waals surface area (Å²) in [6.07, 6.45) is 0. The van der Waals surface area contributed by atoms with E-state index in [9.17, 15) is 4.79 Å². The van der Waals surface area contributed by atoms with Crippen molar-refractivity contribution >= 4 is 5.91 Å². The SMILES string of the molecule is CC(C)(C)c1cc2n(n1)CCN(C(=O)c1ccccc1)C2. The molecule has 0 spiro atoms. The van der Waals surface area contributed by atoms with Gasteiger partial charge in [0, 0.05) is 17.5 Å². The number of nitrogens with zero attached hydrogens (tertiary/aromatic N) is 3. The normalized spacial score (nSPS) is 14.9. The number of fused-ring (bicyclic) bond motifs is 1. The van der Waals surface area contributed by atoms with Crippen molar-refractivity contribution in [3.63, 3.8) is 0 Å². The summed E-state index contributed by atoms with van der Waals surface area (Å²) in [5.41, 5.74) is 3.00. The van der Waals surface area contributed by atoms with Gasteiger partial charge < -0.3 is 4.90 Å². The van der Waals surface area contributed by atoms with Crippen LogP contribution >= 0.6 is 0 Å². The Labute approximate surface area is 125 Å². The molecule has 2 aromatic rings. The molecule has 0 bridgehead atoms. The van der Waals surface area contributed by atoms with Gasteiger partial charge in [0.1, 0.15) is 0 Å². The number of hydrogen-bond donors (Lipinski definition) is 0. The van der Waals surface area contributed by atoms with Gasteiger partial charge in [-0.1, -0.05) is 39.0 Å². The molecule has 0 fully saturated rings. The van der Waals surface area contributed by atoms with Crippen LogP contribution in [0.1, 0.15) is 42.5 Å². The molecule has 1 aromatic heterocycles. The molecule has 4 nitrogen and oxygen atoms in total. The van der Waals surface area contributed by atoms with Gasteiger partial charge in [0.2, 0.25) is 0 Å². The number of aromatic nitrogens is 2. The largest absolute Gasteiger partial charge is 0.331 e. The molecule has 110 valence electrons. The zero-order chi connectivity index (χ0) is 15.0. The maximum Gasteiger partial charge on any atom is 0.254 e. The van der Waals surface area contributed by atoms with E-state index >= 15 is 0 Å². The lowest BCUT2D eigenvalue weighted by atomic mass is 9.92. The third kappa shape index (κ3) is 2.71. The van der Waals surface area contributed by atoms with Crippen LogP contribution in [0, 0.1) is 0 Å². The molecule has 1 amide bonds. The summed E-state index contributed by atoms with van der Waals surface area (Å²) in [6.45, 7) is 8.60. The van der Waals surface area contributed by atoms with Gasteiger partial charge in [0.15, 0.2) is 0 Å². The third-order valence-electron chi connectivity index (χ3n) is 3.87. The molecule has 0 N–H and O–H groups in total. The van der Waals surface area contributed by atoms with Crippen LogP contribution in [-0.4, -0.2) is 27.1 Å². The summed E-state index contributed by atoms with van der Waals surface area (Å²) in [6, 6.07) is 11.6. The van der Waals surface area contributed by atoms with Crippen LogP contribution < -0.4 is 0 Å². The minimum atomic E-state index is 0.0403. The Hall–Kier alpha value is -2.10. The molecule has 0 saturated carbocycles. The lowest BCUT2D eigenvalue weighted by Crippen LogP contribution is -2.38. The van der Waals surface area contributed by atoms with E-state index in [2.05, 4.69) is 31.9 Å². The van der Waals surface area contributed by atoms with Crippen molar-refractivity contribution in [3.8, 4) is 0 Å². The second kappa shape index (κ2) is 5.02. The van der Waals surface area contributed by atoms with Crippen molar-refractivity contribution in [1.29, 1.82) is 0 Å². The molecule has 0 aliphatic carbocycles. The van der Waals surface area contributed by atoms with E-state index in [4.69, 9.17) is 0 Å². The second-order valence-corrected chi connectivity index (χ2v) is 6.59. The molecular weight excluding hydrogens is 262 g/mol. The fourth-order valence-corrected chi connectivity index (χ4v) is 2.57. The summed E-state index contributed by atoms with van der Waals surface area (Å²) in [7, 11) is 0. The second-order valence-electron chi connectivity index (χ2n) is 6.59. The maximum atomic E-state index is 12.5. The van der Waals surface area contributed by atoms with Crippen LogP contribution in [-0.2, 0) is 18.5 Å². The fourth-order valence-electron chi connectivity index (χ4n) is 2.57. The number of amides is 1. The van der Waals surface area contributed by atoms with Gasteiger partial charge in [0.05, 0.1) is 24.5 Å². The van der Waals surface area contributed by atoms with Gasteiger partial charge in [-0.15, -0.1) is 0 Å². The first-order valence-electron chi connectivity index (χ1n) is 7.37. The Morgan fingerprint density at radius 3 is 2.52 bits per heavy atom. The molecular formula is C17H21N3O. The Balaban J connectivity index is 1.82. The molecule has 0 saturated heterocycles. The first-order valence-corrected chi connectivity index (χ1v) is 7.37. The van der Waals surface area contributed by atoms with Crippen LogP contribution in [0.4, 0.5) is 0 Å². The Morgan fingerprint density at radius 1 is 1.14 bits per heavy atom. The predicted octanol–water partition coefficient (Wildman–Crippen LogP) is 2.84. The number of carbonyl (C=O) groups excluding carboxylic acids is 1. The molecule has 0 radical (unpaired) electrons. The molecule has 1 aliphatic heterocycles. The van der Waals surface area contributed by atoms with Crippen molar-refractivity contribution in [1.82, 2.24) is 14.7 Å². The quantitative estimate of drug-likeness (QED) is 0.807. The van der Waals surface area contributed by atoms with Crippen LogP contribution in [0.5, 0.6) is 0 Å². The maximum absolute atomic E-state index is 12.5. The van der Waals surface area contributed by atoms with E-state index in [1.165, 1.54) is 0 Å². The highest BCUT2D eigenvalue weighted by molar-refractivity contribution is 5.94. The van der Waals surface area contributed by atoms with Gasteiger partial charge in [-0.3, -0.25) is 9.48 Å². The number of rotatable bonds is 1. The van der Waals surface area contributed by atoms with Crippen molar-refractivity contribution in [2.45, 2.75) is 39.3 Å². The van der Waals surface area contributed by atoms with Crippen LogP contribution in [0.2, 0.25) is 0 Å². The van der Waals surface area contributed by atoms with Gasteiger partial charge in [0.25, 0.3) is 5.91 Å². The standard InChI is InChI=1S/C17H21N3O/c1-17(2,3)15-11-14-12-19(9-10-20(14)18-15)16(21)13-7-5-4-6-8-13/h4-8,11H,9-10,12H2,1-3H3. The Kier molecular flexibility index (Phi) is 3.32. The van der Waals surface area contributed by atoms with Crippen molar-refractivity contribution in [2.24, 2.45) is 0 Å². The lowest BCUT2D eigenvalue weighted by molar-refractivity contribution is 0.0706. The monoisotopic (exact) mass is 283 g/mol. The minimum absolute atomic E-state index is 0.0403. The fraction of sp³-hybridized carbons (Fsp3) is 0.412. The highest BCUT2D eigenvalue weighted by Gasteiger charge is 2.26. The zero-order valence-corrected chi connectivity index (χ0v) is 12.8. The molecule has 21 heavy (non-hydrogen) atoms. The van der Waals surface area contributed by atoms with Gasteiger partial charge >= 0.3 is 0 Å². The van der Waals surface area contributed by atoms with Crippen LogP contribution in [0.3, 0.4) is 0 Å². The third-order valence-corrected chi connectivity index (χ3v) is 3.87. The van der Waals surface area contributed by atoms with Crippen molar-refractivity contribution < 1.29 is 4.79 Å². The average molecular weight is 283 g/mol. The van der Waals surface area contributed by atoms with Gasteiger partial charge in [-0.05, 0) is 18.2 Å². The predicted molar refractivity (Wildman–Crippen MR) is 82.1 cm³/mol. The lowest BCUT2D eigenvalue weighted by Gasteiger charge is -2.27. The summed E-state index contributed by atoms with van der Waals surface area (Å²) < 4.78 is 2.04. The van der Waals surface area contributed by atoms with Crippen LogP contribution in [0.15, 0.2) is 36.4 Å². The van der Waals surface area contributed by atoms with E-state index in [1.54, 1.807) is 0 Å². The average Bonchev–Trinajstić information content (AvgIpc) is 2.90. The van der Waals surface area contributed by atoms with E-state index < -0.39 is 0 Å². The molecule has 3 rings (SSSR count). The Bertz CT molecular complexity index is 652. The molecule has 1 aromatic carbocycles. The van der Waals surface area contributed by atoms with Crippen molar-refractivity contribution in [3.05, 3.63) is 53.3 Å². The zero-order valence-electron chi connectivity index (χ0n) is 12.8. The Morgan fingerprint density at radius 2 is 1.86 bits per heavy atom. The van der Waals surface area contributed by atoms with Crippen molar-refractivity contribution in [2.75, 3.05) is 6.54 Å². The molecule has 2 heterocycles. The van der Waals surface area contributed by atoms with E-state index in [1.807, 2.05) is 39.9 Å². The molecule has 1 aliphatic rings. The minimum Gasteiger partial charge on any atom is -0.331 e. The summed E-state index contributed by atoms with van der Waals surface area (Å²) >= 11 is 0. The number of hydrogen-bond acceptors (Lipinski definition) is 2. The number of benzene rings is 1. The van der Waals surface area contributed by atoms with E-state index in [-0.39, 0.29) is 11.3 Å².